The Bertz CT molecular complexity index is 895. The fourth-order valence-electron chi connectivity index (χ4n) is 2.22. The van der Waals surface area contributed by atoms with Crippen molar-refractivity contribution in [1.29, 1.82) is 0 Å². The third-order valence-corrected chi connectivity index (χ3v) is 3.37. The van der Waals surface area contributed by atoms with Crippen LogP contribution in [-0.2, 0) is 11.3 Å². The normalized spacial score (nSPS) is 10.5. The zero-order valence-electron chi connectivity index (χ0n) is 13.8. The quantitative estimate of drug-likeness (QED) is 0.741. The summed E-state index contributed by atoms with van der Waals surface area (Å²) < 4.78 is 7.03. The molecule has 0 aliphatic carbocycles. The summed E-state index contributed by atoms with van der Waals surface area (Å²) in [7, 11) is 0. The van der Waals surface area contributed by atoms with Gasteiger partial charge in [0.2, 0.25) is 5.91 Å². The van der Waals surface area contributed by atoms with Gasteiger partial charge in [-0.15, -0.1) is 0 Å². The summed E-state index contributed by atoms with van der Waals surface area (Å²) in [5.41, 5.74) is 0.874. The Kier molecular flexibility index (Phi) is 4.60. The first-order valence-corrected chi connectivity index (χ1v) is 7.63. The Balaban J connectivity index is 1.65. The predicted octanol–water partition coefficient (Wildman–Crippen LogP) is 2.06. The summed E-state index contributed by atoms with van der Waals surface area (Å²) in [5, 5.41) is 5.39. The molecule has 128 valence electrons. The monoisotopic (exact) mass is 339 g/mol. The van der Waals surface area contributed by atoms with Gasteiger partial charge in [-0.1, -0.05) is 0 Å². The van der Waals surface area contributed by atoms with Crippen LogP contribution in [0, 0.1) is 6.92 Å². The van der Waals surface area contributed by atoms with Gasteiger partial charge in [0.1, 0.15) is 29.4 Å². The van der Waals surface area contributed by atoms with E-state index in [4.69, 9.17) is 4.42 Å². The second kappa shape index (κ2) is 7.00. The SMILES string of the molecule is CC(=O)Nc1ccc(-n2cnc(C(=O)NCc3ccc(C)o3)c2)nc1. The van der Waals surface area contributed by atoms with Gasteiger partial charge >= 0.3 is 0 Å². The molecule has 2 amide bonds. The van der Waals surface area contributed by atoms with Crippen LogP contribution in [0.1, 0.15) is 28.9 Å². The lowest BCUT2D eigenvalue weighted by Gasteiger charge is -2.04. The summed E-state index contributed by atoms with van der Waals surface area (Å²) >= 11 is 0. The maximum atomic E-state index is 12.1. The van der Waals surface area contributed by atoms with Gasteiger partial charge < -0.3 is 15.1 Å². The topological polar surface area (TPSA) is 102 Å². The largest absolute Gasteiger partial charge is 0.465 e. The number of pyridine rings is 1. The molecule has 0 spiro atoms. The molecule has 0 saturated heterocycles. The van der Waals surface area contributed by atoms with Gasteiger partial charge in [-0.3, -0.25) is 14.2 Å². The van der Waals surface area contributed by atoms with Crippen LogP contribution in [0.15, 0.2) is 47.4 Å². The molecule has 8 nitrogen and oxygen atoms in total. The van der Waals surface area contributed by atoms with E-state index >= 15 is 0 Å². The zero-order valence-corrected chi connectivity index (χ0v) is 13.8. The summed E-state index contributed by atoms with van der Waals surface area (Å²) in [5.74, 6) is 1.59. The first kappa shape index (κ1) is 16.4. The highest BCUT2D eigenvalue weighted by Gasteiger charge is 2.11. The maximum Gasteiger partial charge on any atom is 0.271 e. The van der Waals surface area contributed by atoms with E-state index in [0.717, 1.165) is 5.76 Å². The molecular formula is C17H17N5O3. The van der Waals surface area contributed by atoms with E-state index in [1.807, 2.05) is 19.1 Å². The maximum absolute atomic E-state index is 12.1. The van der Waals surface area contributed by atoms with Crippen LogP contribution in [0.25, 0.3) is 5.82 Å². The average Bonchev–Trinajstić information content (AvgIpc) is 3.22. The summed E-state index contributed by atoms with van der Waals surface area (Å²) in [6.45, 7) is 3.57. The summed E-state index contributed by atoms with van der Waals surface area (Å²) in [6, 6.07) is 7.10. The van der Waals surface area contributed by atoms with Crippen molar-refractivity contribution < 1.29 is 14.0 Å². The number of aryl methyl sites for hydroxylation is 1. The van der Waals surface area contributed by atoms with E-state index in [9.17, 15) is 9.59 Å². The zero-order chi connectivity index (χ0) is 17.8. The van der Waals surface area contributed by atoms with Gasteiger partial charge in [-0.25, -0.2) is 9.97 Å². The van der Waals surface area contributed by atoms with Gasteiger partial charge in [0.25, 0.3) is 5.91 Å². The molecule has 0 atom stereocenters. The lowest BCUT2D eigenvalue weighted by atomic mass is 10.4. The minimum absolute atomic E-state index is 0.164. The molecule has 25 heavy (non-hydrogen) atoms. The third kappa shape index (κ3) is 4.11. The third-order valence-electron chi connectivity index (χ3n) is 3.37. The number of hydrogen-bond acceptors (Lipinski definition) is 5. The van der Waals surface area contributed by atoms with Gasteiger partial charge in [-0.2, -0.15) is 0 Å². The van der Waals surface area contributed by atoms with Crippen LogP contribution in [0.5, 0.6) is 0 Å². The van der Waals surface area contributed by atoms with E-state index in [0.29, 0.717) is 23.8 Å². The van der Waals surface area contributed by atoms with Crippen molar-refractivity contribution in [3.05, 3.63) is 60.2 Å². The minimum Gasteiger partial charge on any atom is -0.465 e. The lowest BCUT2D eigenvalue weighted by molar-refractivity contribution is -0.114. The first-order chi connectivity index (χ1) is 12.0. The Labute approximate surface area is 143 Å². The molecule has 2 N–H and O–H groups in total. The van der Waals surface area contributed by atoms with Crippen LogP contribution >= 0.6 is 0 Å². The average molecular weight is 339 g/mol. The van der Waals surface area contributed by atoms with Crippen LogP contribution in [0.2, 0.25) is 0 Å². The Morgan fingerprint density at radius 1 is 1.20 bits per heavy atom. The predicted molar refractivity (Wildman–Crippen MR) is 90.3 cm³/mol. The van der Waals surface area contributed by atoms with Crippen molar-refractivity contribution in [3.8, 4) is 5.82 Å². The van der Waals surface area contributed by atoms with Gasteiger partial charge in [0.05, 0.1) is 18.4 Å². The van der Waals surface area contributed by atoms with E-state index in [1.54, 1.807) is 22.9 Å². The number of nitrogens with one attached hydrogen (secondary N) is 2. The van der Waals surface area contributed by atoms with Gasteiger partial charge in [0, 0.05) is 13.1 Å². The number of furan rings is 1. The minimum atomic E-state index is -0.303. The number of hydrogen-bond donors (Lipinski definition) is 2. The number of carbonyl (C=O) groups excluding carboxylic acids is 2. The Hall–Kier alpha value is -3.42. The van der Waals surface area contributed by atoms with E-state index in [2.05, 4.69) is 20.6 Å². The van der Waals surface area contributed by atoms with Crippen molar-refractivity contribution >= 4 is 17.5 Å². The molecule has 0 fully saturated rings. The van der Waals surface area contributed by atoms with Crippen molar-refractivity contribution in [3.63, 3.8) is 0 Å². The standard InChI is InChI=1S/C17H17N5O3/c1-11-3-5-14(25-11)8-19-17(24)15-9-22(10-20-15)16-6-4-13(7-18-16)21-12(2)23/h3-7,9-10H,8H2,1-2H3,(H,19,24)(H,21,23). The number of carbonyl (C=O) groups is 2. The number of rotatable bonds is 5. The first-order valence-electron chi connectivity index (χ1n) is 7.63. The Morgan fingerprint density at radius 2 is 2.04 bits per heavy atom. The highest BCUT2D eigenvalue weighted by Crippen LogP contribution is 2.11. The van der Waals surface area contributed by atoms with E-state index in [1.165, 1.54) is 19.4 Å². The van der Waals surface area contributed by atoms with Crippen molar-refractivity contribution in [1.82, 2.24) is 19.9 Å². The summed E-state index contributed by atoms with van der Waals surface area (Å²) in [4.78, 5) is 31.5. The van der Waals surface area contributed by atoms with E-state index in [-0.39, 0.29) is 17.5 Å². The molecule has 3 aromatic heterocycles. The molecule has 3 rings (SSSR count). The van der Waals surface area contributed by atoms with Crippen molar-refractivity contribution in [2.24, 2.45) is 0 Å². The van der Waals surface area contributed by atoms with Crippen molar-refractivity contribution in [2.45, 2.75) is 20.4 Å². The van der Waals surface area contributed by atoms with Crippen molar-refractivity contribution in [2.75, 3.05) is 5.32 Å². The molecule has 3 aromatic rings. The molecule has 0 bridgehead atoms. The highest BCUT2D eigenvalue weighted by atomic mass is 16.3. The second-order valence-corrected chi connectivity index (χ2v) is 5.45. The lowest BCUT2D eigenvalue weighted by Crippen LogP contribution is -2.22. The smallest absolute Gasteiger partial charge is 0.271 e. The van der Waals surface area contributed by atoms with Crippen LogP contribution < -0.4 is 10.6 Å². The number of imidazole rings is 1. The molecule has 0 aromatic carbocycles. The van der Waals surface area contributed by atoms with Gasteiger partial charge in [0.15, 0.2) is 0 Å². The fourth-order valence-corrected chi connectivity index (χ4v) is 2.22. The molecule has 3 heterocycles. The summed E-state index contributed by atoms with van der Waals surface area (Å²) in [6.07, 6.45) is 4.63. The molecule has 0 aliphatic rings. The fraction of sp³-hybridized carbons (Fsp3) is 0.176. The van der Waals surface area contributed by atoms with Crippen LogP contribution in [0.3, 0.4) is 0 Å². The Morgan fingerprint density at radius 3 is 2.68 bits per heavy atom. The number of amides is 2. The molecule has 0 radical (unpaired) electrons. The van der Waals surface area contributed by atoms with Gasteiger partial charge in [-0.05, 0) is 31.2 Å². The highest BCUT2D eigenvalue weighted by molar-refractivity contribution is 5.92. The second-order valence-electron chi connectivity index (χ2n) is 5.45. The number of nitrogens with zero attached hydrogens (tertiary/aromatic N) is 3. The molecule has 0 saturated carbocycles. The number of aromatic nitrogens is 3. The molecular weight excluding hydrogens is 322 g/mol. The van der Waals surface area contributed by atoms with Crippen LogP contribution in [0.4, 0.5) is 5.69 Å². The molecule has 0 aliphatic heterocycles. The van der Waals surface area contributed by atoms with Crippen LogP contribution in [-0.4, -0.2) is 26.3 Å². The van der Waals surface area contributed by atoms with E-state index < -0.39 is 0 Å². The number of anilines is 1. The molecule has 0 unspecified atom stereocenters. The molecule has 8 heteroatoms.